The van der Waals surface area contributed by atoms with Gasteiger partial charge < -0.3 is 38.3 Å². The molecule has 1 aliphatic rings. The summed E-state index contributed by atoms with van der Waals surface area (Å²) in [5.74, 6) is -0.604. The molecular formula is C23H30INO3. The monoisotopic (exact) mass is 495 g/mol. The molecule has 0 heterocycles. The molecular weight excluding hydrogens is 465 g/mol. The second-order valence-corrected chi connectivity index (χ2v) is 8.82. The fourth-order valence-corrected chi connectivity index (χ4v) is 4.12. The highest BCUT2D eigenvalue weighted by Crippen LogP contribution is 2.43. The summed E-state index contributed by atoms with van der Waals surface area (Å²) in [6.45, 7) is 1.30. The van der Waals surface area contributed by atoms with Gasteiger partial charge >= 0.3 is 5.97 Å². The van der Waals surface area contributed by atoms with Gasteiger partial charge in [-0.15, -0.1) is 0 Å². The van der Waals surface area contributed by atoms with Crippen LogP contribution in [0.2, 0.25) is 0 Å². The Labute approximate surface area is 185 Å². The van der Waals surface area contributed by atoms with Crippen molar-refractivity contribution in [3.8, 4) is 0 Å². The molecule has 0 atom stereocenters. The Morgan fingerprint density at radius 2 is 1.46 bits per heavy atom. The highest BCUT2D eigenvalue weighted by atomic mass is 127. The molecule has 3 rings (SSSR count). The molecule has 0 aromatic heterocycles. The minimum Gasteiger partial charge on any atom is -1.00 e. The van der Waals surface area contributed by atoms with E-state index in [0.717, 1.165) is 23.9 Å². The Bertz CT molecular complexity index is 728. The van der Waals surface area contributed by atoms with Gasteiger partial charge in [-0.1, -0.05) is 67.1 Å². The van der Waals surface area contributed by atoms with Crippen molar-refractivity contribution in [3.05, 3.63) is 71.8 Å². The third kappa shape index (κ3) is 4.93. The van der Waals surface area contributed by atoms with E-state index in [1.54, 1.807) is 24.3 Å². The van der Waals surface area contributed by atoms with Crippen molar-refractivity contribution in [2.75, 3.05) is 34.3 Å². The zero-order chi connectivity index (χ0) is 19.5. The Hall–Kier alpha value is -1.44. The van der Waals surface area contributed by atoms with E-state index in [-0.39, 0.29) is 29.4 Å². The van der Waals surface area contributed by atoms with Gasteiger partial charge in [-0.2, -0.15) is 0 Å². The molecule has 0 bridgehead atoms. The third-order valence-corrected chi connectivity index (χ3v) is 5.41. The Morgan fingerprint density at radius 1 is 1.00 bits per heavy atom. The standard InChI is InChI=1S/C23H30NO3.HI/c1-24(2,3)17-22(15-10-16-22)18-27-21(25)23(26,19-11-6-4-7-12-19)20-13-8-5-9-14-20;/h4-9,11-14,26H,10,15-18H2,1-3H3;1H/q+1;/p-1. The smallest absolute Gasteiger partial charge is 0.347 e. The second-order valence-electron chi connectivity index (χ2n) is 8.82. The van der Waals surface area contributed by atoms with E-state index < -0.39 is 11.6 Å². The molecule has 0 amide bonds. The predicted molar refractivity (Wildman–Crippen MR) is 106 cm³/mol. The van der Waals surface area contributed by atoms with Crippen molar-refractivity contribution >= 4 is 5.97 Å². The highest BCUT2D eigenvalue weighted by Gasteiger charge is 2.46. The minimum absolute atomic E-state index is 0. The summed E-state index contributed by atoms with van der Waals surface area (Å²) in [5.41, 5.74) is -0.738. The molecule has 1 saturated carbocycles. The molecule has 1 fully saturated rings. The molecule has 4 nitrogen and oxygen atoms in total. The van der Waals surface area contributed by atoms with Crippen LogP contribution in [0.4, 0.5) is 0 Å². The van der Waals surface area contributed by atoms with Gasteiger partial charge in [0.05, 0.1) is 33.1 Å². The number of ether oxygens (including phenoxy) is 1. The zero-order valence-electron chi connectivity index (χ0n) is 16.9. The topological polar surface area (TPSA) is 46.5 Å². The first-order chi connectivity index (χ1) is 12.8. The van der Waals surface area contributed by atoms with E-state index in [9.17, 15) is 9.90 Å². The summed E-state index contributed by atoms with van der Waals surface area (Å²) in [6.07, 6.45) is 3.29. The predicted octanol–water partition coefficient (Wildman–Crippen LogP) is 0.346. The normalized spacial score (nSPS) is 15.9. The van der Waals surface area contributed by atoms with Gasteiger partial charge in [0.2, 0.25) is 5.60 Å². The largest absolute Gasteiger partial charge is 1.00 e. The van der Waals surface area contributed by atoms with Crippen molar-refractivity contribution < 1.29 is 43.1 Å². The van der Waals surface area contributed by atoms with Crippen LogP contribution in [0.3, 0.4) is 0 Å². The van der Waals surface area contributed by atoms with Gasteiger partial charge in [0.25, 0.3) is 0 Å². The van der Waals surface area contributed by atoms with Crippen LogP contribution in [0, 0.1) is 5.41 Å². The number of quaternary nitrogens is 1. The first-order valence-electron chi connectivity index (χ1n) is 9.56. The molecule has 2 aromatic rings. The molecule has 0 spiro atoms. The van der Waals surface area contributed by atoms with E-state index in [2.05, 4.69) is 21.1 Å². The van der Waals surface area contributed by atoms with Gasteiger partial charge in [0.1, 0.15) is 6.61 Å². The van der Waals surface area contributed by atoms with Gasteiger partial charge in [0.15, 0.2) is 0 Å². The van der Waals surface area contributed by atoms with E-state index in [1.807, 2.05) is 36.4 Å². The number of carbonyl (C=O) groups is 1. The minimum atomic E-state index is -1.80. The molecule has 2 aromatic carbocycles. The quantitative estimate of drug-likeness (QED) is 0.343. The number of carbonyl (C=O) groups excluding carboxylic acids is 1. The summed E-state index contributed by atoms with van der Waals surface area (Å²) in [4.78, 5) is 13.1. The molecule has 152 valence electrons. The summed E-state index contributed by atoms with van der Waals surface area (Å²) < 4.78 is 6.60. The van der Waals surface area contributed by atoms with Crippen LogP contribution in [0.15, 0.2) is 60.7 Å². The first-order valence-corrected chi connectivity index (χ1v) is 9.56. The lowest BCUT2D eigenvalue weighted by molar-refractivity contribution is -0.878. The highest BCUT2D eigenvalue weighted by molar-refractivity contribution is 5.85. The molecule has 28 heavy (non-hydrogen) atoms. The Kier molecular flexibility index (Phi) is 7.28. The maximum atomic E-state index is 13.1. The fourth-order valence-electron chi connectivity index (χ4n) is 4.12. The lowest BCUT2D eigenvalue weighted by Crippen LogP contribution is -3.00. The van der Waals surface area contributed by atoms with Crippen LogP contribution in [0.1, 0.15) is 30.4 Å². The van der Waals surface area contributed by atoms with Gasteiger partial charge in [-0.05, 0) is 24.0 Å². The summed E-state index contributed by atoms with van der Waals surface area (Å²) in [6, 6.07) is 18.1. The average Bonchev–Trinajstić information content (AvgIpc) is 2.63. The van der Waals surface area contributed by atoms with Crippen molar-refractivity contribution in [3.63, 3.8) is 0 Å². The SMILES string of the molecule is C[N+](C)(C)CC1(COC(=O)C(O)(c2ccccc2)c2ccccc2)CCC1.[I-]. The second kappa shape index (κ2) is 8.93. The first kappa shape index (κ1) is 22.8. The number of nitrogens with zero attached hydrogens (tertiary/aromatic N) is 1. The Balaban J connectivity index is 0.00000280. The van der Waals surface area contributed by atoms with Crippen molar-refractivity contribution in [1.29, 1.82) is 0 Å². The molecule has 5 heteroatoms. The summed E-state index contributed by atoms with van der Waals surface area (Å²) >= 11 is 0. The summed E-state index contributed by atoms with van der Waals surface area (Å²) in [5, 5.41) is 11.5. The van der Waals surface area contributed by atoms with E-state index in [1.165, 1.54) is 6.42 Å². The molecule has 0 aliphatic heterocycles. The van der Waals surface area contributed by atoms with E-state index in [4.69, 9.17) is 4.74 Å². The fraction of sp³-hybridized carbons (Fsp3) is 0.435. The van der Waals surface area contributed by atoms with Crippen LogP contribution in [0.5, 0.6) is 0 Å². The lowest BCUT2D eigenvalue weighted by atomic mass is 9.68. The van der Waals surface area contributed by atoms with Crippen LogP contribution >= 0.6 is 0 Å². The Morgan fingerprint density at radius 3 is 1.82 bits per heavy atom. The molecule has 1 N–H and O–H groups in total. The van der Waals surface area contributed by atoms with Gasteiger partial charge in [0, 0.05) is 0 Å². The van der Waals surface area contributed by atoms with Gasteiger partial charge in [-0.3, -0.25) is 0 Å². The maximum Gasteiger partial charge on any atom is 0.347 e. The van der Waals surface area contributed by atoms with E-state index >= 15 is 0 Å². The van der Waals surface area contributed by atoms with Crippen LogP contribution in [0.25, 0.3) is 0 Å². The van der Waals surface area contributed by atoms with Crippen LogP contribution in [-0.4, -0.2) is 49.9 Å². The number of benzene rings is 2. The number of rotatable bonds is 7. The number of hydrogen-bond acceptors (Lipinski definition) is 3. The molecule has 1 aliphatic carbocycles. The summed E-state index contributed by atoms with van der Waals surface area (Å²) in [7, 11) is 6.48. The van der Waals surface area contributed by atoms with Crippen LogP contribution in [-0.2, 0) is 15.1 Å². The lowest BCUT2D eigenvalue weighted by Gasteiger charge is -2.45. The van der Waals surface area contributed by atoms with E-state index in [0.29, 0.717) is 17.7 Å². The molecule has 0 unspecified atom stereocenters. The van der Waals surface area contributed by atoms with Crippen molar-refractivity contribution in [1.82, 2.24) is 0 Å². The zero-order valence-corrected chi connectivity index (χ0v) is 19.1. The average molecular weight is 495 g/mol. The van der Waals surface area contributed by atoms with Crippen molar-refractivity contribution in [2.45, 2.75) is 24.9 Å². The number of aliphatic hydroxyl groups is 1. The van der Waals surface area contributed by atoms with Crippen molar-refractivity contribution in [2.24, 2.45) is 5.41 Å². The third-order valence-electron chi connectivity index (χ3n) is 5.41. The number of halogens is 1. The number of hydrogen-bond donors (Lipinski definition) is 1. The molecule has 0 saturated heterocycles. The van der Waals surface area contributed by atoms with Gasteiger partial charge in [-0.25, -0.2) is 4.79 Å². The number of esters is 1. The maximum absolute atomic E-state index is 13.1. The molecule has 0 radical (unpaired) electrons. The van der Waals surface area contributed by atoms with Crippen LogP contribution < -0.4 is 24.0 Å².